The molecule has 0 radical (unpaired) electrons. The van der Waals surface area contributed by atoms with Gasteiger partial charge in [0.25, 0.3) is 5.56 Å². The number of rotatable bonds is 4. The molecule has 0 aliphatic carbocycles. The first-order valence-electron chi connectivity index (χ1n) is 7.74. The summed E-state index contributed by atoms with van der Waals surface area (Å²) in [5, 5.41) is 1.43. The van der Waals surface area contributed by atoms with E-state index in [1.54, 1.807) is 40.2 Å². The van der Waals surface area contributed by atoms with E-state index in [-0.39, 0.29) is 11.4 Å². The Labute approximate surface area is 143 Å². The third-order valence-electron chi connectivity index (χ3n) is 3.85. The molecule has 23 heavy (non-hydrogen) atoms. The maximum atomic E-state index is 13.2. The molecular weight excluding hydrogens is 331 g/mol. The predicted octanol–water partition coefficient (Wildman–Crippen LogP) is 4.30. The third-order valence-corrected chi connectivity index (χ3v) is 6.28. The van der Waals surface area contributed by atoms with Crippen molar-refractivity contribution in [2.45, 2.75) is 54.2 Å². The van der Waals surface area contributed by atoms with Crippen molar-refractivity contribution >= 4 is 23.5 Å². The molecule has 0 unspecified atom stereocenters. The van der Waals surface area contributed by atoms with E-state index < -0.39 is 0 Å². The highest BCUT2D eigenvalue weighted by atomic mass is 32.2. The number of aromatic nitrogens is 2. The minimum Gasteiger partial charge on any atom is -0.268 e. The maximum absolute atomic E-state index is 13.2. The summed E-state index contributed by atoms with van der Waals surface area (Å²) >= 11 is 3.18. The third kappa shape index (κ3) is 3.33. The van der Waals surface area contributed by atoms with Crippen molar-refractivity contribution in [1.82, 2.24) is 9.55 Å². The number of benzene rings is 1. The van der Waals surface area contributed by atoms with Crippen molar-refractivity contribution in [3.05, 3.63) is 46.1 Å². The molecule has 1 aromatic heterocycles. The summed E-state index contributed by atoms with van der Waals surface area (Å²) in [5.74, 6) is -0.310. The molecule has 0 fully saturated rings. The van der Waals surface area contributed by atoms with Crippen LogP contribution in [0.3, 0.4) is 0 Å². The number of fused-ring (bicyclic) bond motifs is 1. The summed E-state index contributed by atoms with van der Waals surface area (Å²) in [6.45, 7) is 6.34. The van der Waals surface area contributed by atoms with Crippen LogP contribution >= 0.6 is 23.5 Å². The Balaban J connectivity index is 2.17. The van der Waals surface area contributed by atoms with E-state index in [4.69, 9.17) is 4.98 Å². The molecule has 0 N–H and O–H groups in total. The Morgan fingerprint density at radius 2 is 2.13 bits per heavy atom. The van der Waals surface area contributed by atoms with Crippen molar-refractivity contribution in [1.29, 1.82) is 0 Å². The largest absolute Gasteiger partial charge is 0.272 e. The van der Waals surface area contributed by atoms with Crippen LogP contribution in [0.15, 0.2) is 39.1 Å². The van der Waals surface area contributed by atoms with Gasteiger partial charge in [0.2, 0.25) is 0 Å². The van der Waals surface area contributed by atoms with Gasteiger partial charge in [-0.25, -0.2) is 9.37 Å². The van der Waals surface area contributed by atoms with Crippen molar-refractivity contribution in [2.75, 3.05) is 0 Å². The molecule has 0 bridgehead atoms. The molecule has 1 aromatic carbocycles. The summed E-state index contributed by atoms with van der Waals surface area (Å²) in [6, 6.07) is 6.02. The monoisotopic (exact) mass is 350 g/mol. The fourth-order valence-corrected chi connectivity index (χ4v) is 4.54. The number of hydrogen-bond acceptors (Lipinski definition) is 4. The number of halogens is 1. The molecule has 3 nitrogen and oxygen atoms in total. The van der Waals surface area contributed by atoms with Gasteiger partial charge in [-0.15, -0.1) is 11.8 Å². The maximum Gasteiger partial charge on any atom is 0.272 e. The highest BCUT2D eigenvalue weighted by molar-refractivity contribution is 8.00. The molecule has 3 rings (SSSR count). The topological polar surface area (TPSA) is 34.9 Å². The van der Waals surface area contributed by atoms with Crippen molar-refractivity contribution < 1.29 is 4.39 Å². The van der Waals surface area contributed by atoms with Gasteiger partial charge in [-0.3, -0.25) is 9.36 Å². The molecule has 2 aromatic rings. The second-order valence-corrected chi connectivity index (χ2v) is 8.61. The predicted molar refractivity (Wildman–Crippen MR) is 94.4 cm³/mol. The zero-order valence-corrected chi connectivity index (χ0v) is 15.0. The van der Waals surface area contributed by atoms with Gasteiger partial charge in [-0.1, -0.05) is 32.5 Å². The molecule has 6 heteroatoms. The average Bonchev–Trinajstić information content (AvgIpc) is 2.89. The van der Waals surface area contributed by atoms with Crippen LogP contribution in [-0.2, 0) is 6.42 Å². The van der Waals surface area contributed by atoms with E-state index in [1.807, 2.05) is 0 Å². The fourth-order valence-electron chi connectivity index (χ4n) is 2.46. The summed E-state index contributed by atoms with van der Waals surface area (Å²) in [6.07, 6.45) is 1.82. The first kappa shape index (κ1) is 16.6. The van der Waals surface area contributed by atoms with Crippen molar-refractivity contribution in [2.24, 2.45) is 0 Å². The highest BCUT2D eigenvalue weighted by Gasteiger charge is 2.27. The van der Waals surface area contributed by atoms with Gasteiger partial charge in [0.1, 0.15) is 5.82 Å². The first-order valence-corrected chi connectivity index (χ1v) is 9.50. The fraction of sp³-hybridized carbons (Fsp3) is 0.412. The van der Waals surface area contributed by atoms with Crippen LogP contribution in [0.1, 0.15) is 32.9 Å². The van der Waals surface area contributed by atoms with Gasteiger partial charge in [-0.05, 0) is 30.7 Å². The SMILES string of the molecule is CC[C@@H](C)Sc1nc2c(c(=O)n1-c1ccc(F)cc1)S[C@@H](C)C2. The normalized spacial score (nSPS) is 18.0. The van der Waals surface area contributed by atoms with Crippen molar-refractivity contribution in [3.8, 4) is 5.69 Å². The Morgan fingerprint density at radius 1 is 1.43 bits per heavy atom. The minimum absolute atomic E-state index is 0.0400. The lowest BCUT2D eigenvalue weighted by Crippen LogP contribution is -2.24. The Bertz CT molecular complexity index is 773. The van der Waals surface area contributed by atoms with E-state index >= 15 is 0 Å². The van der Waals surface area contributed by atoms with Gasteiger partial charge in [0.15, 0.2) is 5.16 Å². The molecular formula is C17H19FN2OS2. The second kappa shape index (κ2) is 6.69. The summed E-state index contributed by atoms with van der Waals surface area (Å²) in [7, 11) is 0. The molecule has 0 saturated carbocycles. The van der Waals surface area contributed by atoms with Crippen LogP contribution in [0.4, 0.5) is 4.39 Å². The zero-order chi connectivity index (χ0) is 16.6. The van der Waals surface area contributed by atoms with Gasteiger partial charge >= 0.3 is 0 Å². The lowest BCUT2D eigenvalue weighted by atomic mass is 10.2. The van der Waals surface area contributed by atoms with Crippen LogP contribution in [0.2, 0.25) is 0 Å². The van der Waals surface area contributed by atoms with Crippen LogP contribution in [0.5, 0.6) is 0 Å². The summed E-state index contributed by atoms with van der Waals surface area (Å²) in [5.41, 5.74) is 1.52. The molecule has 2 atom stereocenters. The lowest BCUT2D eigenvalue weighted by Gasteiger charge is -2.16. The quantitative estimate of drug-likeness (QED) is 0.608. The molecule has 1 aliphatic rings. The standard InChI is InChI=1S/C17H19FN2OS2/c1-4-10(2)23-17-19-14-9-11(3)22-15(14)16(21)20(17)13-7-5-12(18)6-8-13/h5-8,10-11H,4,9H2,1-3H3/t10-,11+/m1/s1. The second-order valence-electron chi connectivity index (χ2n) is 5.76. The number of hydrogen-bond donors (Lipinski definition) is 0. The zero-order valence-electron chi connectivity index (χ0n) is 13.4. The van der Waals surface area contributed by atoms with E-state index in [0.717, 1.165) is 23.4 Å². The Morgan fingerprint density at radius 3 is 2.78 bits per heavy atom. The summed E-state index contributed by atoms with van der Waals surface area (Å²) in [4.78, 5) is 18.5. The van der Waals surface area contributed by atoms with E-state index in [9.17, 15) is 9.18 Å². The number of thioether (sulfide) groups is 2. The molecule has 0 amide bonds. The molecule has 1 aliphatic heterocycles. The van der Waals surface area contributed by atoms with Crippen LogP contribution in [0.25, 0.3) is 5.69 Å². The Kier molecular flexibility index (Phi) is 4.82. The van der Waals surface area contributed by atoms with E-state index in [2.05, 4.69) is 20.8 Å². The minimum atomic E-state index is -0.310. The van der Waals surface area contributed by atoms with Gasteiger partial charge in [-0.2, -0.15) is 0 Å². The van der Waals surface area contributed by atoms with Crippen LogP contribution < -0.4 is 5.56 Å². The first-order chi connectivity index (χ1) is 11.0. The van der Waals surface area contributed by atoms with Crippen LogP contribution in [0, 0.1) is 5.82 Å². The molecule has 122 valence electrons. The molecule has 0 spiro atoms. The lowest BCUT2D eigenvalue weighted by molar-refractivity contribution is 0.626. The van der Waals surface area contributed by atoms with Crippen molar-refractivity contribution in [3.63, 3.8) is 0 Å². The smallest absolute Gasteiger partial charge is 0.268 e. The molecule has 0 saturated heterocycles. The van der Waals surface area contributed by atoms with Gasteiger partial charge in [0.05, 0.1) is 16.3 Å². The highest BCUT2D eigenvalue weighted by Crippen LogP contribution is 2.35. The van der Waals surface area contributed by atoms with Crippen LogP contribution in [-0.4, -0.2) is 20.1 Å². The Hall–Kier alpha value is -1.27. The molecule has 2 heterocycles. The average molecular weight is 350 g/mol. The van der Waals surface area contributed by atoms with E-state index in [0.29, 0.717) is 21.3 Å². The van der Waals surface area contributed by atoms with Gasteiger partial charge < -0.3 is 0 Å². The number of nitrogens with zero attached hydrogens (tertiary/aromatic N) is 2. The summed E-state index contributed by atoms with van der Waals surface area (Å²) < 4.78 is 14.9. The van der Waals surface area contributed by atoms with E-state index in [1.165, 1.54) is 12.1 Å². The van der Waals surface area contributed by atoms with Gasteiger partial charge in [0, 0.05) is 16.9 Å².